The Morgan fingerprint density at radius 1 is 1.27 bits per heavy atom. The van der Waals surface area contributed by atoms with Crippen LogP contribution >= 0.6 is 0 Å². The Kier molecular flexibility index (Phi) is 5.06. The second-order valence-electron chi connectivity index (χ2n) is 5.57. The first-order chi connectivity index (χ1) is 12.5. The van der Waals surface area contributed by atoms with E-state index in [1.54, 1.807) is 19.2 Å². The predicted molar refractivity (Wildman–Crippen MR) is 96.0 cm³/mol. The van der Waals surface area contributed by atoms with Gasteiger partial charge in [0, 0.05) is 25.1 Å². The van der Waals surface area contributed by atoms with Crippen LogP contribution in [0.4, 0.5) is 4.39 Å². The van der Waals surface area contributed by atoms with Gasteiger partial charge in [-0.2, -0.15) is 0 Å². The van der Waals surface area contributed by atoms with Crippen LogP contribution in [0, 0.1) is 5.82 Å². The number of methoxy groups -OCH3 is 1. The highest BCUT2D eigenvalue weighted by Gasteiger charge is 2.25. The fourth-order valence-corrected chi connectivity index (χ4v) is 4.06. The van der Waals surface area contributed by atoms with E-state index in [-0.39, 0.29) is 21.9 Å². The number of hydrogen-bond acceptors (Lipinski definition) is 5. The maximum atomic E-state index is 14.6. The zero-order valence-electron chi connectivity index (χ0n) is 14.3. The molecule has 0 aliphatic rings. The molecule has 0 saturated carbocycles. The smallest absolute Gasteiger partial charge is 0.269 e. The number of aromatic nitrogens is 2. The second kappa shape index (κ2) is 7.27. The molecule has 0 unspecified atom stereocenters. The second-order valence-corrected chi connectivity index (χ2v) is 7.39. The number of nitrogens with one attached hydrogen (secondary N) is 1. The van der Waals surface area contributed by atoms with Crippen LogP contribution in [0.25, 0.3) is 11.3 Å². The molecule has 0 amide bonds. The fourth-order valence-electron chi connectivity index (χ4n) is 2.71. The molecule has 0 fully saturated rings. The highest BCUT2D eigenvalue weighted by Crippen LogP contribution is 2.35. The van der Waals surface area contributed by atoms with Gasteiger partial charge in [-0.15, -0.1) is 0 Å². The van der Waals surface area contributed by atoms with Crippen LogP contribution in [0.1, 0.15) is 5.56 Å². The Morgan fingerprint density at radius 2 is 2.08 bits per heavy atom. The Bertz CT molecular complexity index is 1020. The highest BCUT2D eigenvalue weighted by atomic mass is 32.2. The van der Waals surface area contributed by atoms with Gasteiger partial charge < -0.3 is 10.1 Å². The Morgan fingerprint density at radius 3 is 2.73 bits per heavy atom. The number of benzene rings is 1. The molecule has 0 saturated heterocycles. The molecule has 1 aromatic carbocycles. The van der Waals surface area contributed by atoms with Crippen molar-refractivity contribution in [2.24, 2.45) is 0 Å². The lowest BCUT2D eigenvalue weighted by atomic mass is 10.1. The van der Waals surface area contributed by atoms with Gasteiger partial charge in [-0.05, 0) is 42.9 Å². The number of pyridine rings is 1. The van der Waals surface area contributed by atoms with Gasteiger partial charge in [0.15, 0.2) is 0 Å². The molecule has 136 valence electrons. The number of rotatable bonds is 6. The first-order valence-corrected chi connectivity index (χ1v) is 9.27. The Hall–Kier alpha value is -2.71. The molecule has 0 atom stereocenters. The van der Waals surface area contributed by atoms with Crippen LogP contribution < -0.4 is 10.1 Å². The molecular formula is C18H18FN3O3S. The van der Waals surface area contributed by atoms with Crippen LogP contribution in [0.5, 0.6) is 5.75 Å². The van der Waals surface area contributed by atoms with Crippen molar-refractivity contribution in [1.29, 1.82) is 0 Å². The van der Waals surface area contributed by atoms with Gasteiger partial charge in [-0.25, -0.2) is 16.8 Å². The van der Waals surface area contributed by atoms with Crippen molar-refractivity contribution in [3.63, 3.8) is 0 Å². The van der Waals surface area contributed by atoms with Gasteiger partial charge in [0.05, 0.1) is 18.4 Å². The van der Waals surface area contributed by atoms with Gasteiger partial charge in [0.25, 0.3) is 10.0 Å². The number of hydrogen-bond donors (Lipinski definition) is 1. The summed E-state index contributed by atoms with van der Waals surface area (Å²) in [6.07, 6.45) is 4.22. The molecule has 3 rings (SSSR count). The van der Waals surface area contributed by atoms with Gasteiger partial charge in [0.1, 0.15) is 16.5 Å². The monoisotopic (exact) mass is 375 g/mol. The average Bonchev–Trinajstić information content (AvgIpc) is 3.06. The molecule has 3 aromatic rings. The van der Waals surface area contributed by atoms with Gasteiger partial charge >= 0.3 is 0 Å². The normalized spacial score (nSPS) is 11.5. The van der Waals surface area contributed by atoms with E-state index in [2.05, 4.69) is 10.3 Å². The molecule has 0 radical (unpaired) electrons. The topological polar surface area (TPSA) is 73.2 Å². The fraction of sp³-hybridized carbons (Fsp3) is 0.167. The molecule has 0 aliphatic carbocycles. The van der Waals surface area contributed by atoms with E-state index in [0.29, 0.717) is 12.1 Å². The number of ether oxygens (including phenoxy) is 1. The summed E-state index contributed by atoms with van der Waals surface area (Å²) in [4.78, 5) is 3.89. The van der Waals surface area contributed by atoms with Crippen LogP contribution in [-0.4, -0.2) is 31.5 Å². The summed E-state index contributed by atoms with van der Waals surface area (Å²) >= 11 is 0. The molecule has 26 heavy (non-hydrogen) atoms. The maximum absolute atomic E-state index is 14.6. The van der Waals surface area contributed by atoms with E-state index in [0.717, 1.165) is 3.97 Å². The number of halogens is 1. The average molecular weight is 375 g/mol. The highest BCUT2D eigenvalue weighted by molar-refractivity contribution is 7.90. The third kappa shape index (κ3) is 3.21. The standard InChI is InChI=1S/C18H18FN3O3S/c1-20-10-13-9-16(18-15(19)6-3-7-17(18)25-2)22(12-13)26(23,24)14-5-4-8-21-11-14/h3-9,11-12,20H,10H2,1-2H3. The third-order valence-electron chi connectivity index (χ3n) is 3.87. The SMILES string of the molecule is CNCc1cc(-c2c(F)cccc2OC)n(S(=O)(=O)c2cccnc2)c1. The quantitative estimate of drug-likeness (QED) is 0.717. The molecule has 8 heteroatoms. The minimum absolute atomic E-state index is 0.0168. The molecule has 2 aromatic heterocycles. The maximum Gasteiger partial charge on any atom is 0.269 e. The molecular weight excluding hydrogens is 357 g/mol. The molecule has 0 spiro atoms. The lowest BCUT2D eigenvalue weighted by Gasteiger charge is -2.13. The lowest BCUT2D eigenvalue weighted by molar-refractivity contribution is 0.413. The minimum atomic E-state index is -3.95. The van der Waals surface area contributed by atoms with Crippen molar-refractivity contribution in [2.45, 2.75) is 11.4 Å². The van der Waals surface area contributed by atoms with E-state index in [4.69, 9.17) is 4.74 Å². The zero-order valence-corrected chi connectivity index (χ0v) is 15.1. The summed E-state index contributed by atoms with van der Waals surface area (Å²) in [7, 11) is -0.794. The predicted octanol–water partition coefficient (Wildman–Crippen LogP) is 2.65. The molecule has 2 heterocycles. The minimum Gasteiger partial charge on any atom is -0.496 e. The van der Waals surface area contributed by atoms with E-state index in [1.807, 2.05) is 0 Å². The summed E-state index contributed by atoms with van der Waals surface area (Å²) < 4.78 is 47.1. The summed E-state index contributed by atoms with van der Waals surface area (Å²) in [5.74, 6) is -0.317. The van der Waals surface area contributed by atoms with E-state index in [1.165, 1.54) is 50.0 Å². The molecule has 6 nitrogen and oxygen atoms in total. The van der Waals surface area contributed by atoms with Crippen molar-refractivity contribution >= 4 is 10.0 Å². The van der Waals surface area contributed by atoms with E-state index in [9.17, 15) is 12.8 Å². The Labute approximate surface area is 151 Å². The first kappa shape index (κ1) is 18.1. The van der Waals surface area contributed by atoms with E-state index >= 15 is 0 Å². The zero-order chi connectivity index (χ0) is 18.7. The summed E-state index contributed by atoms with van der Waals surface area (Å²) in [5.41, 5.74) is 0.971. The third-order valence-corrected chi connectivity index (χ3v) is 5.52. The molecule has 0 aliphatic heterocycles. The lowest BCUT2D eigenvalue weighted by Crippen LogP contribution is -2.14. The van der Waals surface area contributed by atoms with Crippen molar-refractivity contribution < 1.29 is 17.5 Å². The molecule has 1 N–H and O–H groups in total. The summed E-state index contributed by atoms with van der Waals surface area (Å²) in [6, 6.07) is 8.98. The van der Waals surface area contributed by atoms with Crippen molar-refractivity contribution in [2.75, 3.05) is 14.2 Å². The Balaban J connectivity index is 2.28. The van der Waals surface area contributed by atoms with Crippen molar-refractivity contribution in [1.82, 2.24) is 14.3 Å². The van der Waals surface area contributed by atoms with Crippen LogP contribution in [-0.2, 0) is 16.6 Å². The van der Waals surface area contributed by atoms with Crippen LogP contribution in [0.3, 0.4) is 0 Å². The summed E-state index contributed by atoms with van der Waals surface area (Å²) in [6.45, 7) is 0.430. The van der Waals surface area contributed by atoms with Crippen molar-refractivity contribution in [3.8, 4) is 17.0 Å². The van der Waals surface area contributed by atoms with Crippen LogP contribution in [0.2, 0.25) is 0 Å². The largest absolute Gasteiger partial charge is 0.496 e. The van der Waals surface area contributed by atoms with Crippen LogP contribution in [0.15, 0.2) is 59.9 Å². The van der Waals surface area contributed by atoms with Gasteiger partial charge in [0.2, 0.25) is 0 Å². The van der Waals surface area contributed by atoms with E-state index < -0.39 is 15.8 Å². The van der Waals surface area contributed by atoms with Gasteiger partial charge in [-0.3, -0.25) is 4.98 Å². The molecule has 0 bridgehead atoms. The first-order valence-electron chi connectivity index (χ1n) is 7.83. The van der Waals surface area contributed by atoms with Crippen molar-refractivity contribution in [3.05, 3.63) is 66.4 Å². The number of nitrogens with zero attached hydrogens (tertiary/aromatic N) is 2. The van der Waals surface area contributed by atoms with Gasteiger partial charge in [-0.1, -0.05) is 6.07 Å². The summed E-state index contributed by atoms with van der Waals surface area (Å²) in [5, 5.41) is 2.96.